The average Bonchev–Trinajstić information content (AvgIpc) is 3.68. The highest BCUT2D eigenvalue weighted by atomic mass is 36.0. The Labute approximate surface area is 271 Å². The highest BCUT2D eigenvalue weighted by Gasteiger charge is 2.11. The monoisotopic (exact) mass is 694 g/mol. The van der Waals surface area contributed by atoms with Gasteiger partial charge in [0.1, 0.15) is 11.4 Å². The number of carbonyl (C=O) groups is 2. The molecule has 0 bridgehead atoms. The minimum absolute atomic E-state index is 0. The molecule has 1 N–H and O–H groups in total. The first kappa shape index (κ1) is 38.0. The van der Waals surface area contributed by atoms with E-state index in [4.69, 9.17) is 15.8 Å². The van der Waals surface area contributed by atoms with E-state index in [0.717, 1.165) is 22.5 Å². The van der Waals surface area contributed by atoms with Crippen molar-refractivity contribution >= 4 is 66.5 Å². The van der Waals surface area contributed by atoms with Gasteiger partial charge in [-0.15, -0.1) is 24.0 Å². The molecule has 0 aromatic carbocycles. The van der Waals surface area contributed by atoms with E-state index in [1.807, 2.05) is 24.4 Å². The lowest BCUT2D eigenvalue weighted by Crippen LogP contribution is -2.07. The summed E-state index contributed by atoms with van der Waals surface area (Å²) < 4.78 is 21.6. The molecule has 0 radical (unpaired) electrons. The third-order valence-corrected chi connectivity index (χ3v) is 5.70. The summed E-state index contributed by atoms with van der Waals surface area (Å²) in [5, 5.41) is 18.0. The zero-order valence-electron chi connectivity index (χ0n) is 23.1. The third kappa shape index (κ3) is 13.4. The van der Waals surface area contributed by atoms with Gasteiger partial charge in [-0.05, 0) is 29.8 Å². The number of methoxy groups -OCH3 is 2. The SMILES string of the molecule is COC(=O)CCn1ccc(-c2ncccc2CCl)n1.COC(=O)CCn1ccc(-c2ncccc2CO)n1.Cl.O=S(Cl)Cl. The highest BCUT2D eigenvalue weighted by Crippen LogP contribution is 2.21. The van der Waals surface area contributed by atoms with E-state index in [-0.39, 0.29) is 37.4 Å². The van der Waals surface area contributed by atoms with Crippen molar-refractivity contribution in [1.82, 2.24) is 29.5 Å². The third-order valence-electron chi connectivity index (χ3n) is 5.41. The number of esters is 2. The molecule has 0 aliphatic heterocycles. The van der Waals surface area contributed by atoms with Crippen LogP contribution < -0.4 is 0 Å². The fourth-order valence-corrected chi connectivity index (χ4v) is 3.63. The lowest BCUT2D eigenvalue weighted by Gasteiger charge is -2.03. The first-order valence-corrected chi connectivity index (χ1v) is 15.6. The summed E-state index contributed by atoms with van der Waals surface area (Å²) in [6.45, 7) is 0.849. The standard InChI is InChI=1S/C13H14ClN3O2.C13H15N3O3.Cl2OS.ClH/c1-19-12(18)5-8-17-7-4-11(16-17)13-10(9-14)3-2-6-15-13;1-19-12(18)5-8-16-7-4-11(15-16)13-10(9-17)3-2-6-14-13;1-4(2)3;/h2-4,6-7H,5,8-9H2,1H3;2-4,6-7,17H,5,8-9H2,1H3;;1H. The molecule has 4 aromatic heterocycles. The van der Waals surface area contributed by atoms with Gasteiger partial charge in [0.25, 0.3) is 0 Å². The normalized spacial score (nSPS) is 10.0. The molecule has 0 aliphatic rings. The molecule has 4 rings (SSSR count). The smallest absolute Gasteiger partial charge is 0.307 e. The molecule has 0 aliphatic carbocycles. The Kier molecular flexibility index (Phi) is 18.3. The molecule has 0 saturated heterocycles. The van der Waals surface area contributed by atoms with Gasteiger partial charge in [0.05, 0.1) is 58.1 Å². The van der Waals surface area contributed by atoms with Crippen LogP contribution in [0.4, 0.5) is 0 Å². The molecule has 43 heavy (non-hydrogen) atoms. The second-order valence-corrected chi connectivity index (χ2v) is 10.9. The van der Waals surface area contributed by atoms with E-state index in [1.165, 1.54) is 14.2 Å². The number of aromatic nitrogens is 6. The van der Waals surface area contributed by atoms with Gasteiger partial charge in [-0.25, -0.2) is 4.21 Å². The van der Waals surface area contributed by atoms with Crippen LogP contribution in [0, 0.1) is 0 Å². The second-order valence-electron chi connectivity index (χ2n) is 8.08. The number of nitrogens with zero attached hydrogens (tertiary/aromatic N) is 6. The molecule has 0 atom stereocenters. The molecule has 0 spiro atoms. The van der Waals surface area contributed by atoms with E-state index in [9.17, 15) is 14.7 Å². The molecule has 4 aromatic rings. The van der Waals surface area contributed by atoms with Gasteiger partial charge in [-0.1, -0.05) is 12.1 Å². The molecule has 17 heteroatoms. The number of rotatable bonds is 10. The zero-order valence-corrected chi connectivity index (χ0v) is 27.0. The largest absolute Gasteiger partial charge is 0.469 e. The predicted octanol–water partition coefficient (Wildman–Crippen LogP) is 4.71. The Bertz CT molecular complexity index is 1350. The van der Waals surface area contributed by atoms with E-state index < -0.39 is 9.23 Å². The molecule has 0 amide bonds. The van der Waals surface area contributed by atoms with Crippen molar-refractivity contribution in [2.75, 3.05) is 14.2 Å². The van der Waals surface area contributed by atoms with Crippen LogP contribution in [0.5, 0.6) is 0 Å². The Morgan fingerprint density at radius 1 is 0.837 bits per heavy atom. The van der Waals surface area contributed by atoms with Crippen molar-refractivity contribution in [3.8, 4) is 22.8 Å². The molecule has 12 nitrogen and oxygen atoms in total. The number of hydrogen-bond acceptors (Lipinski definition) is 10. The van der Waals surface area contributed by atoms with Gasteiger partial charge in [0.2, 0.25) is 9.23 Å². The fourth-order valence-electron chi connectivity index (χ4n) is 3.41. The summed E-state index contributed by atoms with van der Waals surface area (Å²) in [6.07, 6.45) is 7.51. The van der Waals surface area contributed by atoms with E-state index in [0.29, 0.717) is 36.8 Å². The van der Waals surface area contributed by atoms with Crippen molar-refractivity contribution in [3.63, 3.8) is 0 Å². The van der Waals surface area contributed by atoms with E-state index in [1.54, 1.807) is 46.2 Å². The number of alkyl halides is 1. The molecule has 0 saturated carbocycles. The predicted molar refractivity (Wildman–Crippen MR) is 167 cm³/mol. The van der Waals surface area contributed by atoms with Gasteiger partial charge in [0.15, 0.2) is 0 Å². The Morgan fingerprint density at radius 3 is 1.65 bits per heavy atom. The van der Waals surface area contributed by atoms with Crippen LogP contribution in [0.1, 0.15) is 24.0 Å². The minimum Gasteiger partial charge on any atom is -0.469 e. The van der Waals surface area contributed by atoms with Gasteiger partial charge in [0, 0.05) is 57.6 Å². The van der Waals surface area contributed by atoms with Gasteiger partial charge in [-0.2, -0.15) is 10.2 Å². The number of ether oxygens (including phenoxy) is 2. The molecular formula is C26H30Cl4N6O6S. The van der Waals surface area contributed by atoms with Crippen LogP contribution in [0.3, 0.4) is 0 Å². The topological polar surface area (TPSA) is 151 Å². The van der Waals surface area contributed by atoms with Crippen LogP contribution in [0.15, 0.2) is 61.2 Å². The summed E-state index contributed by atoms with van der Waals surface area (Å²) >= 11 is 5.87. The Balaban J connectivity index is 0.000000375. The summed E-state index contributed by atoms with van der Waals surface area (Å²) in [5.41, 5.74) is 4.51. The number of aliphatic hydroxyl groups is 1. The van der Waals surface area contributed by atoms with Crippen molar-refractivity contribution in [1.29, 1.82) is 0 Å². The maximum absolute atomic E-state index is 11.1. The maximum atomic E-state index is 11.1. The van der Waals surface area contributed by atoms with Gasteiger partial charge < -0.3 is 14.6 Å². The average molecular weight is 696 g/mol. The fraction of sp³-hybridized carbons (Fsp3) is 0.308. The van der Waals surface area contributed by atoms with Crippen molar-refractivity contribution in [2.45, 2.75) is 38.4 Å². The first-order chi connectivity index (χ1) is 20.2. The number of aryl methyl sites for hydroxylation is 2. The van der Waals surface area contributed by atoms with Gasteiger partial charge in [-0.3, -0.25) is 28.9 Å². The molecule has 4 heterocycles. The molecular weight excluding hydrogens is 666 g/mol. The van der Waals surface area contributed by atoms with Crippen LogP contribution in [0.2, 0.25) is 0 Å². The van der Waals surface area contributed by atoms with Crippen molar-refractivity contribution in [3.05, 3.63) is 72.3 Å². The maximum Gasteiger partial charge on any atom is 0.307 e. The molecule has 0 fully saturated rings. The second kappa shape index (κ2) is 20.8. The zero-order chi connectivity index (χ0) is 30.9. The van der Waals surface area contributed by atoms with Crippen LogP contribution in [-0.4, -0.2) is 65.0 Å². The number of hydrogen-bond donors (Lipinski definition) is 1. The summed E-state index contributed by atoms with van der Waals surface area (Å²) in [6, 6.07) is 11.0. The van der Waals surface area contributed by atoms with Gasteiger partial charge >= 0.3 is 11.9 Å². The molecule has 234 valence electrons. The first-order valence-electron chi connectivity index (χ1n) is 12.2. The number of carbonyl (C=O) groups excluding carboxylic acids is 2. The summed E-state index contributed by atoms with van der Waals surface area (Å²) in [7, 11) is 10.1. The summed E-state index contributed by atoms with van der Waals surface area (Å²) in [5.74, 6) is -0.139. The van der Waals surface area contributed by atoms with Crippen LogP contribution in [-0.2, 0) is 53.9 Å². The minimum atomic E-state index is -1.67. The van der Waals surface area contributed by atoms with Crippen molar-refractivity contribution in [2.24, 2.45) is 0 Å². The Morgan fingerprint density at radius 2 is 1.26 bits per heavy atom. The quantitative estimate of drug-likeness (QED) is 0.140. The van der Waals surface area contributed by atoms with Crippen LogP contribution in [0.25, 0.3) is 22.8 Å². The Hall–Kier alpha value is -3.07. The highest BCUT2D eigenvalue weighted by molar-refractivity contribution is 8.26. The van der Waals surface area contributed by atoms with E-state index >= 15 is 0 Å². The number of pyridine rings is 2. The number of halogens is 4. The number of aliphatic hydroxyl groups excluding tert-OH is 1. The van der Waals surface area contributed by atoms with Crippen LogP contribution >= 0.6 is 45.4 Å². The molecule has 0 unspecified atom stereocenters. The van der Waals surface area contributed by atoms with E-state index in [2.05, 4.69) is 51.0 Å². The van der Waals surface area contributed by atoms with Crippen molar-refractivity contribution < 1.29 is 28.4 Å². The lowest BCUT2D eigenvalue weighted by molar-refractivity contribution is -0.141. The summed E-state index contributed by atoms with van der Waals surface area (Å²) in [4.78, 5) is 30.6. The lowest BCUT2D eigenvalue weighted by atomic mass is 10.1.